The van der Waals surface area contributed by atoms with Gasteiger partial charge in [-0.05, 0) is 54.3 Å². The van der Waals surface area contributed by atoms with Crippen molar-refractivity contribution in [3.05, 3.63) is 110 Å². The average Bonchev–Trinajstić information content (AvgIpc) is 2.90. The molecule has 3 aromatic heterocycles. The number of ether oxygens (including phenoxy) is 1. The molecule has 0 amide bonds. The quantitative estimate of drug-likeness (QED) is 0.249. The molecule has 35 heavy (non-hydrogen) atoms. The first-order valence-electron chi connectivity index (χ1n) is 10.8. The number of H-pyrrole nitrogens is 3. The van der Waals surface area contributed by atoms with Crippen molar-refractivity contribution in [2.24, 2.45) is 0 Å². The third-order valence-corrected chi connectivity index (χ3v) is 5.75. The van der Waals surface area contributed by atoms with E-state index in [1.165, 1.54) is 16.2 Å². The second-order valence-electron chi connectivity index (χ2n) is 7.47. The predicted molar refractivity (Wildman–Crippen MR) is 137 cm³/mol. The smallest absolute Gasteiger partial charge is 0.868 e. The fourth-order valence-electron chi connectivity index (χ4n) is 3.60. The zero-order chi connectivity index (χ0) is 23.8. The Labute approximate surface area is 228 Å². The number of nitrogens with one attached hydrogen (secondary N) is 3. The summed E-state index contributed by atoms with van der Waals surface area (Å²) < 4.78 is 5.20. The molecule has 6 aromatic rings. The Hall–Kier alpha value is -3.08. The summed E-state index contributed by atoms with van der Waals surface area (Å²) in [7, 11) is 4.39. The first kappa shape index (κ1) is 26.5. The summed E-state index contributed by atoms with van der Waals surface area (Å²) in [5.74, 6) is 0.927. The molecule has 0 fully saturated rings. The fraction of sp³-hybridized carbons (Fsp3) is 0.0357. The van der Waals surface area contributed by atoms with Gasteiger partial charge in [0.15, 0.2) is 24.3 Å². The van der Waals surface area contributed by atoms with Crippen molar-refractivity contribution < 1.29 is 54.4 Å². The van der Waals surface area contributed by atoms with Gasteiger partial charge in [0, 0.05) is 34.3 Å². The second kappa shape index (κ2) is 13.1. The average molecular weight is 490 g/mol. The van der Waals surface area contributed by atoms with Crippen molar-refractivity contribution in [2.45, 2.75) is 0 Å². The van der Waals surface area contributed by atoms with Gasteiger partial charge in [-0.15, -0.1) is 0 Å². The molecule has 0 bridgehead atoms. The summed E-state index contributed by atoms with van der Waals surface area (Å²) in [6.45, 7) is 0. The Bertz CT molecular complexity index is 1450. The van der Waals surface area contributed by atoms with E-state index < -0.39 is 0 Å². The summed E-state index contributed by atoms with van der Waals surface area (Å²) >= 11 is 0. The Balaban J connectivity index is 0.000000145. The van der Waals surface area contributed by atoms with E-state index in [0.717, 1.165) is 22.0 Å². The van der Waals surface area contributed by atoms with E-state index in [2.05, 4.69) is 48.5 Å². The molecule has 0 aliphatic rings. The van der Waals surface area contributed by atoms with Gasteiger partial charge in [0.1, 0.15) is 0 Å². The topological polar surface area (TPSA) is 74.7 Å². The van der Waals surface area contributed by atoms with Crippen LogP contribution in [0.1, 0.15) is 0 Å². The molecule has 1 unspecified atom stereocenters. The van der Waals surface area contributed by atoms with E-state index in [-0.39, 0.29) is 35.3 Å². The van der Waals surface area contributed by atoms with Crippen LogP contribution in [0.4, 0.5) is 0 Å². The maximum absolute atomic E-state index is 11.1. The van der Waals surface area contributed by atoms with E-state index in [1.54, 1.807) is 25.4 Å². The van der Waals surface area contributed by atoms with Gasteiger partial charge >= 0.3 is 29.6 Å². The number of pyridine rings is 3. The number of para-hydroxylation sites is 3. The molecule has 168 valence electrons. The van der Waals surface area contributed by atoms with Crippen molar-refractivity contribution >= 4 is 47.3 Å². The van der Waals surface area contributed by atoms with Crippen LogP contribution in [0.3, 0.4) is 0 Å². The molecule has 5 nitrogen and oxygen atoms in total. The largest absolute Gasteiger partial charge is 1.00 e. The van der Waals surface area contributed by atoms with Crippen LogP contribution in [0.5, 0.6) is 11.5 Å². The van der Waals surface area contributed by atoms with Gasteiger partial charge in [-0.25, -0.2) is 15.0 Å². The van der Waals surface area contributed by atoms with Crippen molar-refractivity contribution in [2.75, 3.05) is 7.11 Å². The molecule has 0 aliphatic carbocycles. The monoisotopic (exact) mass is 490 g/mol. The number of fused-ring (bicyclic) bond motifs is 3. The van der Waals surface area contributed by atoms with Crippen LogP contribution in [-0.4, -0.2) is 7.11 Å². The van der Waals surface area contributed by atoms with Gasteiger partial charge in [0.2, 0.25) is 11.0 Å². The molecule has 3 N–H and O–H groups in total. The van der Waals surface area contributed by atoms with Crippen molar-refractivity contribution in [3.63, 3.8) is 0 Å². The molecular formula is C28H26N3NaO2P+3. The number of benzene rings is 3. The standard InChI is InChI=1S/C10H9NO.C9H7NO.C9H8NP.Na/c1-12-9-6-2-4-8-5-3-7-11-10(8)9;2*11-8-5-1-3-7-4-2-6-10-9(7)8;/h2-7H,1H3;1-6,11H;1-6H,11H2;/q;;;+1/p+2. The Morgan fingerprint density at radius 2 is 1.06 bits per heavy atom. The zero-order valence-electron chi connectivity index (χ0n) is 19.8. The van der Waals surface area contributed by atoms with E-state index >= 15 is 0 Å². The summed E-state index contributed by atoms with van der Waals surface area (Å²) in [5.41, 5.74) is 2.91. The number of hydrogen-bond donors (Lipinski definition) is 0. The van der Waals surface area contributed by atoms with Gasteiger partial charge in [0.25, 0.3) is 5.52 Å². The Morgan fingerprint density at radius 3 is 1.63 bits per heavy atom. The van der Waals surface area contributed by atoms with Crippen LogP contribution >= 0.6 is 9.24 Å². The normalized spacial score (nSPS) is 9.89. The van der Waals surface area contributed by atoms with Crippen molar-refractivity contribution in [3.8, 4) is 11.5 Å². The van der Waals surface area contributed by atoms with Gasteiger partial charge in [0.05, 0.1) is 12.5 Å². The maximum Gasteiger partial charge on any atom is 1.00 e. The van der Waals surface area contributed by atoms with Crippen LogP contribution < -0.4 is 59.7 Å². The van der Waals surface area contributed by atoms with Crippen LogP contribution in [0.25, 0.3) is 32.7 Å². The van der Waals surface area contributed by atoms with Crippen LogP contribution in [0, 0.1) is 0 Å². The van der Waals surface area contributed by atoms with E-state index in [4.69, 9.17) is 4.74 Å². The molecule has 6 rings (SSSR count). The van der Waals surface area contributed by atoms with E-state index in [0.29, 0.717) is 5.52 Å². The van der Waals surface area contributed by atoms with E-state index in [9.17, 15) is 5.11 Å². The Kier molecular flexibility index (Phi) is 9.95. The molecular weight excluding hydrogens is 464 g/mol. The first-order chi connectivity index (χ1) is 16.7. The molecule has 7 heteroatoms. The molecule has 1 atom stereocenters. The summed E-state index contributed by atoms with van der Waals surface area (Å²) in [6.07, 6.45) is 5.59. The molecule has 0 aliphatic heterocycles. The number of methoxy groups -OCH3 is 1. The fourth-order valence-corrected chi connectivity index (χ4v) is 3.96. The second-order valence-corrected chi connectivity index (χ2v) is 8.09. The van der Waals surface area contributed by atoms with Gasteiger partial charge in [-0.3, -0.25) is 0 Å². The van der Waals surface area contributed by atoms with Gasteiger partial charge < -0.3 is 9.84 Å². The van der Waals surface area contributed by atoms with Crippen LogP contribution in [0.2, 0.25) is 0 Å². The van der Waals surface area contributed by atoms with Gasteiger partial charge in [-0.1, -0.05) is 33.5 Å². The molecule has 3 heterocycles. The number of hydrogen-bond acceptors (Lipinski definition) is 2. The van der Waals surface area contributed by atoms with Crippen LogP contribution in [-0.2, 0) is 0 Å². The maximum atomic E-state index is 11.1. The molecule has 0 radical (unpaired) electrons. The SMILES string of the molecule is COc1cccc2ccc[nH+]c12.Pc1cccc2ccc[nH+]c12.[Na+].[O-]c1cccc2ccc[nH+]c12. The number of aromatic nitrogens is 3. The Morgan fingerprint density at radius 1 is 0.600 bits per heavy atom. The van der Waals surface area contributed by atoms with Crippen LogP contribution in [0.15, 0.2) is 110 Å². The molecule has 3 aromatic carbocycles. The number of rotatable bonds is 1. The van der Waals surface area contributed by atoms with Crippen molar-refractivity contribution in [1.82, 2.24) is 0 Å². The molecule has 0 saturated heterocycles. The summed E-state index contributed by atoms with van der Waals surface area (Å²) in [6, 6.07) is 29.3. The molecule has 0 spiro atoms. The van der Waals surface area contributed by atoms with Crippen molar-refractivity contribution in [1.29, 1.82) is 0 Å². The molecule has 0 saturated carbocycles. The minimum atomic E-state index is 0. The van der Waals surface area contributed by atoms with E-state index in [1.807, 2.05) is 67.0 Å². The minimum absolute atomic E-state index is 0. The predicted octanol–water partition coefficient (Wildman–Crippen LogP) is 0.548. The summed E-state index contributed by atoms with van der Waals surface area (Å²) in [5, 5.41) is 15.7. The zero-order valence-corrected chi connectivity index (χ0v) is 22.9. The first-order valence-corrected chi connectivity index (χ1v) is 11.4. The van der Waals surface area contributed by atoms with Gasteiger partial charge in [-0.2, -0.15) is 0 Å². The summed E-state index contributed by atoms with van der Waals surface area (Å²) in [4.78, 5) is 9.25. The third-order valence-electron chi connectivity index (χ3n) is 5.26. The minimum Gasteiger partial charge on any atom is -0.868 e. The number of aromatic amines is 3. The third kappa shape index (κ3) is 6.74.